The first-order valence-corrected chi connectivity index (χ1v) is 10.9. The lowest BCUT2D eigenvalue weighted by Gasteiger charge is -2.41. The Kier molecular flexibility index (Phi) is 6.16. The zero-order valence-electron chi connectivity index (χ0n) is 18.4. The number of benzene rings is 2. The monoisotopic (exact) mass is 422 g/mol. The number of hydrogen-bond acceptors (Lipinski definition) is 4. The molecule has 1 aliphatic carbocycles. The van der Waals surface area contributed by atoms with Crippen LogP contribution < -0.4 is 19.7 Å². The molecule has 2 aliphatic rings. The van der Waals surface area contributed by atoms with E-state index in [2.05, 4.69) is 5.32 Å². The molecule has 1 heterocycles. The van der Waals surface area contributed by atoms with Gasteiger partial charge in [-0.1, -0.05) is 23.8 Å². The summed E-state index contributed by atoms with van der Waals surface area (Å²) in [7, 11) is 3.18. The van der Waals surface area contributed by atoms with Gasteiger partial charge in [-0.3, -0.25) is 9.59 Å². The predicted octanol–water partition coefficient (Wildman–Crippen LogP) is 4.02. The molecule has 1 saturated heterocycles. The Balaban J connectivity index is 1.74. The zero-order valence-corrected chi connectivity index (χ0v) is 18.4. The standard InChI is InChI=1S/C25H30N2O4/c1-16-4-9-19(10-5-16)27-23(28)13-11-20(25(29)26-15-17-6-7-17)24(27)18-8-12-21(30-2)22(14-18)31-3/h4-5,8-10,12,14,17,20,24H,6-7,11,13,15H2,1-3H3,(H,26,29)/t20-,24-/m1/s1. The number of piperidine rings is 1. The number of nitrogens with one attached hydrogen (secondary N) is 1. The fourth-order valence-corrected chi connectivity index (χ4v) is 4.29. The van der Waals surface area contributed by atoms with E-state index < -0.39 is 6.04 Å². The van der Waals surface area contributed by atoms with Crippen LogP contribution in [-0.4, -0.2) is 32.6 Å². The van der Waals surface area contributed by atoms with Gasteiger partial charge in [0.2, 0.25) is 11.8 Å². The van der Waals surface area contributed by atoms with E-state index in [0.29, 0.717) is 36.8 Å². The van der Waals surface area contributed by atoms with Gasteiger partial charge in [-0.25, -0.2) is 0 Å². The molecule has 2 amide bonds. The molecule has 4 rings (SSSR count). The minimum atomic E-state index is -0.414. The van der Waals surface area contributed by atoms with Crippen LogP contribution in [0.5, 0.6) is 11.5 Å². The molecule has 6 nitrogen and oxygen atoms in total. The highest BCUT2D eigenvalue weighted by Crippen LogP contribution is 2.42. The minimum absolute atomic E-state index is 0.0105. The maximum absolute atomic E-state index is 13.2. The SMILES string of the molecule is COc1ccc([C@@H]2[C@H](C(=O)NCC3CC3)CCC(=O)N2c2ccc(C)cc2)cc1OC. The summed E-state index contributed by atoms with van der Waals surface area (Å²) >= 11 is 0. The lowest BCUT2D eigenvalue weighted by Crippen LogP contribution is -2.48. The van der Waals surface area contributed by atoms with Crippen LogP contribution in [0, 0.1) is 18.8 Å². The topological polar surface area (TPSA) is 67.9 Å². The Morgan fingerprint density at radius 2 is 1.74 bits per heavy atom. The summed E-state index contributed by atoms with van der Waals surface area (Å²) in [4.78, 5) is 28.1. The van der Waals surface area contributed by atoms with Gasteiger partial charge in [-0.05, 0) is 61.9 Å². The second kappa shape index (κ2) is 9.00. The van der Waals surface area contributed by atoms with E-state index in [9.17, 15) is 9.59 Å². The molecule has 164 valence electrons. The second-order valence-corrected chi connectivity index (χ2v) is 8.49. The number of amides is 2. The highest BCUT2D eigenvalue weighted by Gasteiger charge is 2.42. The van der Waals surface area contributed by atoms with Crippen LogP contribution in [0.25, 0.3) is 0 Å². The normalized spacial score (nSPS) is 21.0. The number of ether oxygens (including phenoxy) is 2. The van der Waals surface area contributed by atoms with Gasteiger partial charge in [0.25, 0.3) is 0 Å². The number of carbonyl (C=O) groups excluding carboxylic acids is 2. The number of methoxy groups -OCH3 is 2. The van der Waals surface area contributed by atoms with Gasteiger partial charge in [0.05, 0.1) is 26.2 Å². The largest absolute Gasteiger partial charge is 0.493 e. The number of aryl methyl sites for hydroxylation is 1. The van der Waals surface area contributed by atoms with Crippen molar-refractivity contribution in [1.82, 2.24) is 5.32 Å². The molecule has 6 heteroatoms. The van der Waals surface area contributed by atoms with Crippen LogP contribution >= 0.6 is 0 Å². The first-order valence-electron chi connectivity index (χ1n) is 10.9. The third-order valence-electron chi connectivity index (χ3n) is 6.26. The highest BCUT2D eigenvalue weighted by atomic mass is 16.5. The van der Waals surface area contributed by atoms with Crippen LogP contribution in [0.3, 0.4) is 0 Å². The number of rotatable bonds is 7. The van der Waals surface area contributed by atoms with Crippen molar-refractivity contribution in [2.45, 2.75) is 38.6 Å². The summed E-state index contributed by atoms with van der Waals surface area (Å²) in [6.07, 6.45) is 3.23. The van der Waals surface area contributed by atoms with Gasteiger partial charge in [0.1, 0.15) is 0 Å². The predicted molar refractivity (Wildman–Crippen MR) is 119 cm³/mol. The van der Waals surface area contributed by atoms with Crippen molar-refractivity contribution >= 4 is 17.5 Å². The van der Waals surface area contributed by atoms with E-state index in [1.165, 1.54) is 12.8 Å². The van der Waals surface area contributed by atoms with Crippen molar-refractivity contribution < 1.29 is 19.1 Å². The van der Waals surface area contributed by atoms with Crippen LogP contribution in [0.15, 0.2) is 42.5 Å². The van der Waals surface area contributed by atoms with E-state index in [0.717, 1.165) is 16.8 Å². The fourth-order valence-electron chi connectivity index (χ4n) is 4.29. The van der Waals surface area contributed by atoms with Gasteiger partial charge in [-0.2, -0.15) is 0 Å². The summed E-state index contributed by atoms with van der Waals surface area (Å²) in [6, 6.07) is 13.1. The summed E-state index contributed by atoms with van der Waals surface area (Å²) in [6.45, 7) is 2.73. The van der Waals surface area contributed by atoms with Crippen molar-refractivity contribution in [3.63, 3.8) is 0 Å². The summed E-state index contributed by atoms with van der Waals surface area (Å²) in [5, 5.41) is 3.13. The average molecular weight is 423 g/mol. The summed E-state index contributed by atoms with van der Waals surface area (Å²) in [5.74, 6) is 1.49. The Morgan fingerprint density at radius 3 is 2.39 bits per heavy atom. The van der Waals surface area contributed by atoms with Crippen LogP contribution in [0.1, 0.15) is 42.9 Å². The van der Waals surface area contributed by atoms with Crippen LogP contribution in [0.2, 0.25) is 0 Å². The van der Waals surface area contributed by atoms with Gasteiger partial charge < -0.3 is 19.7 Å². The fraction of sp³-hybridized carbons (Fsp3) is 0.440. The van der Waals surface area contributed by atoms with E-state index in [4.69, 9.17) is 9.47 Å². The second-order valence-electron chi connectivity index (χ2n) is 8.49. The van der Waals surface area contributed by atoms with Gasteiger partial charge in [-0.15, -0.1) is 0 Å². The molecular formula is C25H30N2O4. The maximum Gasteiger partial charge on any atom is 0.227 e. The van der Waals surface area contributed by atoms with E-state index in [1.807, 2.05) is 49.4 Å². The van der Waals surface area contributed by atoms with Crippen molar-refractivity contribution in [3.05, 3.63) is 53.6 Å². The molecule has 2 atom stereocenters. The van der Waals surface area contributed by atoms with Crippen molar-refractivity contribution in [1.29, 1.82) is 0 Å². The van der Waals surface area contributed by atoms with Crippen LogP contribution in [-0.2, 0) is 9.59 Å². The Labute approximate surface area is 183 Å². The number of anilines is 1. The molecule has 2 fully saturated rings. The lowest BCUT2D eigenvalue weighted by molar-refractivity contribution is -0.129. The van der Waals surface area contributed by atoms with Gasteiger partial charge in [0.15, 0.2) is 11.5 Å². The van der Waals surface area contributed by atoms with E-state index in [-0.39, 0.29) is 17.7 Å². The number of nitrogens with zero attached hydrogens (tertiary/aromatic N) is 1. The van der Waals surface area contributed by atoms with Gasteiger partial charge in [0, 0.05) is 18.7 Å². The molecule has 1 saturated carbocycles. The van der Waals surface area contributed by atoms with Gasteiger partial charge >= 0.3 is 0 Å². The van der Waals surface area contributed by atoms with Crippen molar-refractivity contribution in [3.8, 4) is 11.5 Å². The lowest BCUT2D eigenvalue weighted by atomic mass is 9.83. The summed E-state index contributed by atoms with van der Waals surface area (Å²) in [5.41, 5.74) is 2.78. The molecule has 31 heavy (non-hydrogen) atoms. The molecule has 0 aromatic heterocycles. The average Bonchev–Trinajstić information content (AvgIpc) is 3.62. The van der Waals surface area contributed by atoms with Crippen molar-refractivity contribution in [2.24, 2.45) is 11.8 Å². The maximum atomic E-state index is 13.2. The zero-order chi connectivity index (χ0) is 22.0. The smallest absolute Gasteiger partial charge is 0.227 e. The Bertz CT molecular complexity index is 952. The number of hydrogen-bond donors (Lipinski definition) is 1. The minimum Gasteiger partial charge on any atom is -0.493 e. The third-order valence-corrected chi connectivity index (χ3v) is 6.26. The molecule has 0 spiro atoms. The third kappa shape index (κ3) is 4.53. The summed E-state index contributed by atoms with van der Waals surface area (Å²) < 4.78 is 10.9. The first kappa shape index (κ1) is 21.2. The molecule has 1 N–H and O–H groups in total. The van der Waals surface area contributed by atoms with Crippen molar-refractivity contribution in [2.75, 3.05) is 25.7 Å². The van der Waals surface area contributed by atoms with E-state index in [1.54, 1.807) is 19.1 Å². The van der Waals surface area contributed by atoms with Crippen LogP contribution in [0.4, 0.5) is 5.69 Å². The Hall–Kier alpha value is -3.02. The molecule has 1 aliphatic heterocycles. The molecule has 0 bridgehead atoms. The number of carbonyl (C=O) groups is 2. The molecule has 0 unspecified atom stereocenters. The quantitative estimate of drug-likeness (QED) is 0.732. The molecule has 2 aromatic carbocycles. The van der Waals surface area contributed by atoms with E-state index >= 15 is 0 Å². The molecular weight excluding hydrogens is 392 g/mol. The molecule has 2 aromatic rings. The first-order chi connectivity index (χ1) is 15.0. The Morgan fingerprint density at radius 1 is 1.03 bits per heavy atom. The highest BCUT2D eigenvalue weighted by molar-refractivity contribution is 5.97. The molecule has 0 radical (unpaired) electrons.